The summed E-state index contributed by atoms with van der Waals surface area (Å²) in [5.74, 6) is 0.455. The summed E-state index contributed by atoms with van der Waals surface area (Å²) < 4.78 is 21.1. The molecule has 106 valence electrons. The van der Waals surface area contributed by atoms with Gasteiger partial charge in [0.1, 0.15) is 0 Å². The summed E-state index contributed by atoms with van der Waals surface area (Å²) in [6.07, 6.45) is 2.45. The Balaban J connectivity index is 1.85. The van der Waals surface area contributed by atoms with Crippen molar-refractivity contribution in [1.29, 1.82) is 0 Å². The van der Waals surface area contributed by atoms with Crippen LogP contribution in [-0.4, -0.2) is 15.8 Å². The molecule has 5 heteroatoms. The summed E-state index contributed by atoms with van der Waals surface area (Å²) in [5, 5.41) is 7.81. The van der Waals surface area contributed by atoms with Crippen LogP contribution in [0.1, 0.15) is 24.1 Å². The molecule has 2 aromatic rings. The highest BCUT2D eigenvalue weighted by molar-refractivity contribution is 5.36. The number of ether oxygens (including phenoxy) is 1. The molecule has 1 aliphatic rings. The Kier molecular flexibility index (Phi) is 3.44. The van der Waals surface area contributed by atoms with Gasteiger partial charge in [0.2, 0.25) is 5.88 Å². The van der Waals surface area contributed by atoms with E-state index in [0.29, 0.717) is 18.5 Å². The SMILES string of the molecule is Cc1nn(C)c(Oc2ccccc2F)c1CNC1CC1. The van der Waals surface area contributed by atoms with Crippen LogP contribution in [0, 0.1) is 12.7 Å². The number of nitrogens with one attached hydrogen (secondary N) is 1. The molecule has 0 spiro atoms. The molecule has 1 saturated carbocycles. The van der Waals surface area contributed by atoms with Crippen LogP contribution in [0.4, 0.5) is 4.39 Å². The summed E-state index contributed by atoms with van der Waals surface area (Å²) in [6.45, 7) is 2.65. The zero-order valence-corrected chi connectivity index (χ0v) is 11.7. The van der Waals surface area contributed by atoms with Crippen LogP contribution in [0.25, 0.3) is 0 Å². The smallest absolute Gasteiger partial charge is 0.222 e. The topological polar surface area (TPSA) is 39.1 Å². The van der Waals surface area contributed by atoms with Gasteiger partial charge in [-0.25, -0.2) is 9.07 Å². The van der Waals surface area contributed by atoms with Gasteiger partial charge in [-0.15, -0.1) is 0 Å². The summed E-state index contributed by atoms with van der Waals surface area (Å²) in [6, 6.07) is 7.02. The fourth-order valence-corrected chi connectivity index (χ4v) is 2.18. The Morgan fingerprint density at radius 3 is 2.85 bits per heavy atom. The van der Waals surface area contributed by atoms with Crippen LogP contribution in [0.5, 0.6) is 11.6 Å². The van der Waals surface area contributed by atoms with Crippen molar-refractivity contribution < 1.29 is 9.13 Å². The van der Waals surface area contributed by atoms with E-state index < -0.39 is 0 Å². The van der Waals surface area contributed by atoms with Gasteiger partial charge < -0.3 is 10.1 Å². The van der Waals surface area contributed by atoms with Crippen LogP contribution >= 0.6 is 0 Å². The molecule has 0 radical (unpaired) electrons. The van der Waals surface area contributed by atoms with Gasteiger partial charge in [-0.2, -0.15) is 5.10 Å². The molecule has 4 nitrogen and oxygen atoms in total. The molecule has 0 saturated heterocycles. The van der Waals surface area contributed by atoms with E-state index in [1.807, 2.05) is 14.0 Å². The van der Waals surface area contributed by atoms with Gasteiger partial charge in [0.25, 0.3) is 0 Å². The zero-order chi connectivity index (χ0) is 14.1. The molecule has 1 heterocycles. The Morgan fingerprint density at radius 1 is 1.40 bits per heavy atom. The van der Waals surface area contributed by atoms with E-state index >= 15 is 0 Å². The van der Waals surface area contributed by atoms with E-state index in [9.17, 15) is 4.39 Å². The molecule has 0 bridgehead atoms. The maximum Gasteiger partial charge on any atom is 0.222 e. The molecule has 1 fully saturated rings. The van der Waals surface area contributed by atoms with E-state index in [1.54, 1.807) is 22.9 Å². The van der Waals surface area contributed by atoms with E-state index in [2.05, 4.69) is 10.4 Å². The lowest BCUT2D eigenvalue weighted by atomic mass is 10.2. The monoisotopic (exact) mass is 275 g/mol. The van der Waals surface area contributed by atoms with Crippen molar-refractivity contribution in [1.82, 2.24) is 15.1 Å². The highest BCUT2D eigenvalue weighted by atomic mass is 19.1. The molecule has 1 aliphatic carbocycles. The average molecular weight is 275 g/mol. The number of benzene rings is 1. The Hall–Kier alpha value is -1.88. The summed E-state index contributed by atoms with van der Waals surface area (Å²) >= 11 is 0. The number of rotatable bonds is 5. The molecule has 20 heavy (non-hydrogen) atoms. The first-order chi connectivity index (χ1) is 9.65. The molecule has 1 N–H and O–H groups in total. The van der Waals surface area contributed by atoms with Crippen molar-refractivity contribution >= 4 is 0 Å². The number of halogens is 1. The van der Waals surface area contributed by atoms with E-state index in [0.717, 1.165) is 11.3 Å². The van der Waals surface area contributed by atoms with Gasteiger partial charge >= 0.3 is 0 Å². The van der Waals surface area contributed by atoms with Crippen molar-refractivity contribution in [3.63, 3.8) is 0 Å². The first kappa shape index (κ1) is 13.1. The number of para-hydroxylation sites is 1. The van der Waals surface area contributed by atoms with E-state index in [4.69, 9.17) is 4.74 Å². The van der Waals surface area contributed by atoms with Gasteiger partial charge in [0.15, 0.2) is 11.6 Å². The van der Waals surface area contributed by atoms with Crippen molar-refractivity contribution in [2.75, 3.05) is 0 Å². The second-order valence-electron chi connectivity index (χ2n) is 5.18. The molecule has 0 unspecified atom stereocenters. The van der Waals surface area contributed by atoms with Crippen molar-refractivity contribution in [3.8, 4) is 11.6 Å². The predicted molar refractivity (Wildman–Crippen MR) is 74.3 cm³/mol. The van der Waals surface area contributed by atoms with Crippen LogP contribution in [0.15, 0.2) is 24.3 Å². The summed E-state index contributed by atoms with van der Waals surface area (Å²) in [4.78, 5) is 0. The highest BCUT2D eigenvalue weighted by Gasteiger charge is 2.23. The lowest BCUT2D eigenvalue weighted by Gasteiger charge is -2.10. The minimum Gasteiger partial charge on any atom is -0.436 e. The third kappa shape index (κ3) is 2.67. The highest BCUT2D eigenvalue weighted by Crippen LogP contribution is 2.29. The number of nitrogens with zero attached hydrogens (tertiary/aromatic N) is 2. The van der Waals surface area contributed by atoms with Gasteiger partial charge in [0.05, 0.1) is 11.3 Å². The predicted octanol–water partition coefficient (Wildman–Crippen LogP) is 2.91. The fraction of sp³-hybridized carbons (Fsp3) is 0.400. The molecule has 1 aromatic heterocycles. The quantitative estimate of drug-likeness (QED) is 0.912. The number of aryl methyl sites for hydroxylation is 2. The standard InChI is InChI=1S/C15H18FN3O/c1-10-12(9-17-11-7-8-11)15(19(2)18-10)20-14-6-4-3-5-13(14)16/h3-6,11,17H,7-9H2,1-2H3. The maximum absolute atomic E-state index is 13.7. The average Bonchev–Trinajstić information content (AvgIpc) is 3.19. The molecular formula is C15H18FN3O. The molecule has 0 amide bonds. The van der Waals surface area contributed by atoms with Crippen LogP contribution in [0.3, 0.4) is 0 Å². The van der Waals surface area contributed by atoms with E-state index in [-0.39, 0.29) is 11.6 Å². The number of aromatic nitrogens is 2. The molecule has 3 rings (SSSR count). The molecule has 1 aromatic carbocycles. The van der Waals surface area contributed by atoms with Gasteiger partial charge in [0, 0.05) is 19.6 Å². The summed E-state index contributed by atoms with van der Waals surface area (Å²) in [5.41, 5.74) is 1.90. The minimum atomic E-state index is -0.368. The third-order valence-electron chi connectivity index (χ3n) is 3.48. The summed E-state index contributed by atoms with van der Waals surface area (Å²) in [7, 11) is 1.81. The second-order valence-corrected chi connectivity index (χ2v) is 5.18. The molecule has 0 atom stereocenters. The van der Waals surface area contributed by atoms with Gasteiger partial charge in [-0.3, -0.25) is 0 Å². The Bertz CT molecular complexity index is 620. The maximum atomic E-state index is 13.7. The fourth-order valence-electron chi connectivity index (χ4n) is 2.18. The largest absolute Gasteiger partial charge is 0.436 e. The van der Waals surface area contributed by atoms with Crippen molar-refractivity contribution in [2.24, 2.45) is 7.05 Å². The van der Waals surface area contributed by atoms with Gasteiger partial charge in [-0.1, -0.05) is 12.1 Å². The van der Waals surface area contributed by atoms with Crippen LogP contribution in [-0.2, 0) is 13.6 Å². The third-order valence-corrected chi connectivity index (χ3v) is 3.48. The minimum absolute atomic E-state index is 0.225. The Labute approximate surface area is 117 Å². The number of hydrogen-bond donors (Lipinski definition) is 1. The van der Waals surface area contributed by atoms with Crippen molar-refractivity contribution in [2.45, 2.75) is 32.4 Å². The first-order valence-corrected chi connectivity index (χ1v) is 6.83. The lowest BCUT2D eigenvalue weighted by Crippen LogP contribution is -2.16. The number of hydrogen-bond acceptors (Lipinski definition) is 3. The van der Waals surface area contributed by atoms with Gasteiger partial charge in [-0.05, 0) is 31.9 Å². The van der Waals surface area contributed by atoms with Crippen molar-refractivity contribution in [3.05, 3.63) is 41.3 Å². The molecule has 0 aliphatic heterocycles. The normalized spacial score (nSPS) is 14.6. The second kappa shape index (κ2) is 5.25. The zero-order valence-electron chi connectivity index (χ0n) is 11.7. The van der Waals surface area contributed by atoms with E-state index in [1.165, 1.54) is 18.9 Å². The van der Waals surface area contributed by atoms with Crippen LogP contribution in [0.2, 0.25) is 0 Å². The molecular weight excluding hydrogens is 257 g/mol. The Morgan fingerprint density at radius 2 is 2.15 bits per heavy atom. The van der Waals surface area contributed by atoms with Crippen LogP contribution < -0.4 is 10.1 Å². The first-order valence-electron chi connectivity index (χ1n) is 6.83. The lowest BCUT2D eigenvalue weighted by molar-refractivity contribution is 0.398.